The number of amides is 1. The highest BCUT2D eigenvalue weighted by molar-refractivity contribution is 7.98. The Bertz CT molecular complexity index is 964. The van der Waals surface area contributed by atoms with Gasteiger partial charge in [-0.3, -0.25) is 14.6 Å². The van der Waals surface area contributed by atoms with Crippen molar-refractivity contribution in [3.05, 3.63) is 84.2 Å². The lowest BCUT2D eigenvalue weighted by atomic mass is 9.98. The number of aliphatic carboxylic acids is 1. The summed E-state index contributed by atoms with van der Waals surface area (Å²) in [5.74, 6) is 0.295. The highest BCUT2D eigenvalue weighted by Crippen LogP contribution is 2.28. The smallest absolute Gasteiger partial charge is 0.322 e. The summed E-state index contributed by atoms with van der Waals surface area (Å²) in [4.78, 5) is 27.2. The highest BCUT2D eigenvalue weighted by Gasteiger charge is 2.15. The molecule has 3 aromatic rings. The van der Waals surface area contributed by atoms with Gasteiger partial charge in [0.1, 0.15) is 18.9 Å². The van der Waals surface area contributed by atoms with Gasteiger partial charge in [-0.2, -0.15) is 11.8 Å². The first-order valence-corrected chi connectivity index (χ1v) is 11.1. The second-order valence-electron chi connectivity index (χ2n) is 6.38. The normalized spacial score (nSPS) is 9.87. The predicted molar refractivity (Wildman–Crippen MR) is 124 cm³/mol. The van der Waals surface area contributed by atoms with Crippen molar-refractivity contribution >= 4 is 23.6 Å². The zero-order valence-corrected chi connectivity index (χ0v) is 18.4. The molecule has 1 aromatic heterocycles. The Morgan fingerprint density at radius 1 is 1.10 bits per heavy atom. The minimum Gasteiger partial charge on any atom is -0.489 e. The van der Waals surface area contributed by atoms with Crippen LogP contribution < -0.4 is 10.1 Å². The third kappa shape index (κ3) is 8.14. The number of carbonyl (C=O) groups is 2. The fraction of sp³-hybridized carbons (Fsp3) is 0.208. The Hall–Kier alpha value is -3.32. The van der Waals surface area contributed by atoms with E-state index in [2.05, 4.69) is 23.5 Å². The molecule has 2 N–H and O–H groups in total. The lowest BCUT2D eigenvalue weighted by Crippen LogP contribution is -2.29. The number of hydrogen-bond acceptors (Lipinski definition) is 5. The van der Waals surface area contributed by atoms with E-state index in [9.17, 15) is 9.59 Å². The number of thioether (sulfide) groups is 1. The summed E-state index contributed by atoms with van der Waals surface area (Å²) in [5, 5.41) is 11.2. The summed E-state index contributed by atoms with van der Waals surface area (Å²) in [6, 6.07) is 18.3. The van der Waals surface area contributed by atoms with Crippen LogP contribution >= 0.6 is 11.8 Å². The molecule has 0 aliphatic carbocycles. The van der Waals surface area contributed by atoms with Crippen LogP contribution in [0.2, 0.25) is 0 Å². The molecule has 0 aliphatic heterocycles. The van der Waals surface area contributed by atoms with Gasteiger partial charge in [0.2, 0.25) is 0 Å². The molecule has 1 amide bonds. The third-order valence-corrected chi connectivity index (χ3v) is 4.71. The molecule has 0 unspecified atom stereocenters. The van der Waals surface area contributed by atoms with E-state index >= 15 is 0 Å². The van der Waals surface area contributed by atoms with Gasteiger partial charge < -0.3 is 15.2 Å². The van der Waals surface area contributed by atoms with Crippen molar-refractivity contribution in [3.8, 4) is 16.9 Å². The molecular formula is C24H26N2O4S. The average molecular weight is 439 g/mol. The van der Waals surface area contributed by atoms with Gasteiger partial charge in [-0.05, 0) is 47.4 Å². The molecular weight excluding hydrogens is 412 g/mol. The molecule has 6 nitrogen and oxygen atoms in total. The molecule has 1 heterocycles. The van der Waals surface area contributed by atoms with Crippen molar-refractivity contribution in [3.63, 3.8) is 0 Å². The summed E-state index contributed by atoms with van der Waals surface area (Å²) >= 11 is 1.86. The maximum atomic E-state index is 12.4. The Morgan fingerprint density at radius 3 is 2.45 bits per heavy atom. The first-order valence-electron chi connectivity index (χ1n) is 9.75. The van der Waals surface area contributed by atoms with E-state index in [1.54, 1.807) is 30.6 Å². The second kappa shape index (κ2) is 13.1. The molecule has 3 rings (SSSR count). The Labute approximate surface area is 186 Å². The molecule has 0 bridgehead atoms. The number of pyridine rings is 1. The van der Waals surface area contributed by atoms with Crippen LogP contribution in [0, 0.1) is 0 Å². The van der Waals surface area contributed by atoms with Crippen molar-refractivity contribution in [2.24, 2.45) is 0 Å². The minimum atomic E-state index is -1.10. The number of carbonyl (C=O) groups excluding carboxylic acids is 1. The predicted octanol–water partition coefficient (Wildman–Crippen LogP) is 4.51. The van der Waals surface area contributed by atoms with Gasteiger partial charge in [-0.15, -0.1) is 0 Å². The Kier molecular flexibility index (Phi) is 10.1. The number of nitrogens with zero attached hydrogens (tertiary/aromatic N) is 1. The van der Waals surface area contributed by atoms with Gasteiger partial charge >= 0.3 is 5.97 Å². The summed E-state index contributed by atoms with van der Waals surface area (Å²) in [7, 11) is 0. The molecule has 0 saturated carbocycles. The van der Waals surface area contributed by atoms with Crippen LogP contribution in [-0.4, -0.2) is 40.5 Å². The SMILES string of the molecule is CCSC.O=C(O)CNC(=O)c1ccc(OCc2cccnc2)cc1-c1ccccc1. The average Bonchev–Trinajstić information content (AvgIpc) is 2.82. The van der Waals surface area contributed by atoms with Gasteiger partial charge in [-0.25, -0.2) is 0 Å². The van der Waals surface area contributed by atoms with E-state index in [-0.39, 0.29) is 0 Å². The molecule has 0 spiro atoms. The first kappa shape index (κ1) is 24.0. The minimum absolute atomic E-state index is 0.354. The highest BCUT2D eigenvalue weighted by atomic mass is 32.2. The van der Waals surface area contributed by atoms with E-state index in [0.717, 1.165) is 11.1 Å². The molecule has 0 aliphatic rings. The molecule has 0 atom stereocenters. The maximum absolute atomic E-state index is 12.4. The number of aromatic nitrogens is 1. The lowest BCUT2D eigenvalue weighted by molar-refractivity contribution is -0.135. The Balaban J connectivity index is 0.000000785. The van der Waals surface area contributed by atoms with Gasteiger partial charge in [0.25, 0.3) is 5.91 Å². The fourth-order valence-corrected chi connectivity index (χ4v) is 2.57. The molecule has 0 fully saturated rings. The van der Waals surface area contributed by atoms with Crippen molar-refractivity contribution in [1.29, 1.82) is 0 Å². The van der Waals surface area contributed by atoms with Crippen LogP contribution in [0.3, 0.4) is 0 Å². The molecule has 162 valence electrons. The zero-order chi connectivity index (χ0) is 22.5. The maximum Gasteiger partial charge on any atom is 0.322 e. The van der Waals surface area contributed by atoms with Crippen LogP contribution in [0.5, 0.6) is 5.75 Å². The van der Waals surface area contributed by atoms with Gasteiger partial charge in [-0.1, -0.05) is 43.3 Å². The van der Waals surface area contributed by atoms with E-state index in [1.807, 2.05) is 54.2 Å². The fourth-order valence-electron chi connectivity index (χ4n) is 2.57. The van der Waals surface area contributed by atoms with Crippen molar-refractivity contribution in [2.45, 2.75) is 13.5 Å². The van der Waals surface area contributed by atoms with Crippen molar-refractivity contribution in [2.75, 3.05) is 18.6 Å². The number of benzene rings is 2. The van der Waals surface area contributed by atoms with Crippen LogP contribution in [0.4, 0.5) is 0 Å². The monoisotopic (exact) mass is 438 g/mol. The van der Waals surface area contributed by atoms with E-state index in [4.69, 9.17) is 9.84 Å². The molecule has 31 heavy (non-hydrogen) atoms. The lowest BCUT2D eigenvalue weighted by Gasteiger charge is -2.13. The quantitative estimate of drug-likeness (QED) is 0.538. The number of carboxylic acids is 1. The Morgan fingerprint density at radius 2 is 1.84 bits per heavy atom. The number of ether oxygens (including phenoxy) is 1. The van der Waals surface area contributed by atoms with Crippen LogP contribution in [0.1, 0.15) is 22.8 Å². The largest absolute Gasteiger partial charge is 0.489 e. The summed E-state index contributed by atoms with van der Waals surface area (Å²) < 4.78 is 5.82. The van der Waals surface area contributed by atoms with Gasteiger partial charge in [0.15, 0.2) is 0 Å². The summed E-state index contributed by atoms with van der Waals surface area (Å²) in [5.41, 5.74) is 2.82. The first-order chi connectivity index (χ1) is 15.0. The van der Waals surface area contributed by atoms with Gasteiger partial charge in [0.05, 0.1) is 0 Å². The molecule has 7 heteroatoms. The van der Waals surface area contributed by atoms with E-state index in [1.165, 1.54) is 5.75 Å². The number of rotatable bonds is 8. The standard InChI is InChI=1S/C21H18N2O4.C3H8S/c24-20(25)13-23-21(26)18-9-8-17(27-14-15-5-4-10-22-12-15)11-19(18)16-6-2-1-3-7-16;1-3-4-2/h1-12H,13-14H2,(H,23,26)(H,24,25);3H2,1-2H3. The van der Waals surface area contributed by atoms with Crippen molar-refractivity contribution in [1.82, 2.24) is 10.3 Å². The van der Waals surface area contributed by atoms with E-state index < -0.39 is 18.4 Å². The molecule has 0 radical (unpaired) electrons. The van der Waals surface area contributed by atoms with E-state index in [0.29, 0.717) is 23.5 Å². The zero-order valence-electron chi connectivity index (χ0n) is 17.6. The number of nitrogens with one attached hydrogen (secondary N) is 1. The van der Waals surface area contributed by atoms with Crippen LogP contribution in [0.15, 0.2) is 73.1 Å². The third-order valence-electron chi connectivity index (χ3n) is 4.14. The summed E-state index contributed by atoms with van der Waals surface area (Å²) in [6.45, 7) is 2.06. The van der Waals surface area contributed by atoms with Crippen molar-refractivity contribution < 1.29 is 19.4 Å². The number of hydrogen-bond donors (Lipinski definition) is 2. The topological polar surface area (TPSA) is 88.5 Å². The van der Waals surface area contributed by atoms with Gasteiger partial charge in [0, 0.05) is 23.5 Å². The van der Waals surface area contributed by atoms with Crippen LogP contribution in [0.25, 0.3) is 11.1 Å². The molecule has 2 aromatic carbocycles. The van der Waals surface area contributed by atoms with Crippen LogP contribution in [-0.2, 0) is 11.4 Å². The molecule has 0 saturated heterocycles. The summed E-state index contributed by atoms with van der Waals surface area (Å²) in [6.07, 6.45) is 5.52. The number of carboxylic acid groups (broad SMARTS) is 1. The second-order valence-corrected chi connectivity index (χ2v) is 7.53.